The van der Waals surface area contributed by atoms with E-state index in [1.165, 1.54) is 0 Å². The molecule has 0 atom stereocenters. The lowest BCUT2D eigenvalue weighted by atomic mass is 10.1. The molecule has 0 unspecified atom stereocenters. The van der Waals surface area contributed by atoms with Gasteiger partial charge in [-0.2, -0.15) is 0 Å². The number of nitrogens with zero attached hydrogens (tertiary/aromatic N) is 6. The minimum absolute atomic E-state index is 0.120. The summed E-state index contributed by atoms with van der Waals surface area (Å²) >= 11 is 0. The van der Waals surface area contributed by atoms with Gasteiger partial charge in [0.25, 0.3) is 0 Å². The SMILES string of the molecule is COCCOCCOCCOCCOCCC(=O)N1CCN(c2ccc(-c3cnc(CCc4ccco4)n4cnnc34)cc2)CC1. The van der Waals surface area contributed by atoms with Gasteiger partial charge in [-0.3, -0.25) is 9.20 Å². The van der Waals surface area contributed by atoms with Crippen molar-refractivity contribution in [1.82, 2.24) is 24.5 Å². The zero-order valence-corrected chi connectivity index (χ0v) is 26.6. The molecule has 1 amide bonds. The zero-order valence-electron chi connectivity index (χ0n) is 26.6. The molecular weight excluding hydrogens is 592 g/mol. The van der Waals surface area contributed by atoms with Gasteiger partial charge in [0, 0.05) is 63.6 Å². The Bertz CT molecular complexity index is 1440. The van der Waals surface area contributed by atoms with Crippen molar-refractivity contribution in [1.29, 1.82) is 0 Å². The third-order valence-corrected chi connectivity index (χ3v) is 7.77. The molecule has 0 aliphatic carbocycles. The third kappa shape index (κ3) is 9.81. The van der Waals surface area contributed by atoms with Crippen LogP contribution in [0.1, 0.15) is 18.0 Å². The summed E-state index contributed by atoms with van der Waals surface area (Å²) in [5.74, 6) is 1.93. The van der Waals surface area contributed by atoms with Crippen LogP contribution in [0.5, 0.6) is 0 Å². The van der Waals surface area contributed by atoms with Gasteiger partial charge in [0.05, 0.1) is 72.1 Å². The smallest absolute Gasteiger partial charge is 0.225 e. The Morgan fingerprint density at radius 3 is 2.15 bits per heavy atom. The number of ether oxygens (including phenoxy) is 5. The summed E-state index contributed by atoms with van der Waals surface area (Å²) in [6.07, 6.45) is 7.12. The van der Waals surface area contributed by atoms with Gasteiger partial charge in [0.15, 0.2) is 5.65 Å². The number of hydrogen-bond donors (Lipinski definition) is 0. The molecule has 0 radical (unpaired) electrons. The molecule has 0 bridgehead atoms. The topological polar surface area (TPSA) is 126 Å². The van der Waals surface area contributed by atoms with Gasteiger partial charge < -0.3 is 37.9 Å². The molecule has 0 spiro atoms. The minimum atomic E-state index is 0.120. The number of carbonyl (C=O) groups is 1. The summed E-state index contributed by atoms with van der Waals surface area (Å²) in [7, 11) is 1.64. The van der Waals surface area contributed by atoms with Gasteiger partial charge in [-0.15, -0.1) is 10.2 Å². The van der Waals surface area contributed by atoms with Crippen LogP contribution in [0.25, 0.3) is 16.8 Å². The highest BCUT2D eigenvalue weighted by Gasteiger charge is 2.21. The van der Waals surface area contributed by atoms with E-state index >= 15 is 0 Å². The maximum absolute atomic E-state index is 12.7. The van der Waals surface area contributed by atoms with E-state index < -0.39 is 0 Å². The molecule has 1 aliphatic heterocycles. The quantitative estimate of drug-likeness (QED) is 0.133. The first-order chi connectivity index (χ1) is 22.7. The highest BCUT2D eigenvalue weighted by atomic mass is 16.6. The number of aromatic nitrogens is 4. The van der Waals surface area contributed by atoms with Crippen LogP contribution < -0.4 is 4.90 Å². The van der Waals surface area contributed by atoms with E-state index in [4.69, 9.17) is 33.1 Å². The standard InChI is InChI=1S/C33H44N6O7/c1-41-17-18-43-21-22-45-24-23-44-20-19-42-16-10-32(40)38-13-11-37(12-14-38)28-6-4-27(5-7-28)30-25-34-31(39-26-35-36-33(30)39)9-8-29-3-2-15-46-29/h2-7,15,25-26H,8-14,16-24H2,1H3. The molecule has 0 N–H and O–H groups in total. The van der Waals surface area contributed by atoms with E-state index in [9.17, 15) is 4.79 Å². The summed E-state index contributed by atoms with van der Waals surface area (Å²) in [6.45, 7) is 7.47. The van der Waals surface area contributed by atoms with Gasteiger partial charge >= 0.3 is 0 Å². The molecule has 4 heterocycles. The number of carbonyl (C=O) groups excluding carboxylic acids is 1. The predicted octanol–water partition coefficient (Wildman–Crippen LogP) is 2.92. The van der Waals surface area contributed by atoms with Crippen LogP contribution in [-0.2, 0) is 41.3 Å². The number of piperazine rings is 1. The van der Waals surface area contributed by atoms with Crippen molar-refractivity contribution in [2.24, 2.45) is 0 Å². The van der Waals surface area contributed by atoms with Crippen LogP contribution in [0.15, 0.2) is 59.6 Å². The molecule has 5 rings (SSSR count). The van der Waals surface area contributed by atoms with E-state index in [0.717, 1.165) is 60.0 Å². The molecular formula is C33H44N6O7. The average molecular weight is 637 g/mol. The second kappa shape index (κ2) is 18.3. The number of amides is 1. The second-order valence-corrected chi connectivity index (χ2v) is 10.8. The molecule has 13 nitrogen and oxygen atoms in total. The van der Waals surface area contributed by atoms with E-state index in [2.05, 4.69) is 39.4 Å². The van der Waals surface area contributed by atoms with Crippen molar-refractivity contribution in [3.8, 4) is 11.1 Å². The molecule has 1 fully saturated rings. The Kier molecular flexibility index (Phi) is 13.3. The zero-order chi connectivity index (χ0) is 31.8. The van der Waals surface area contributed by atoms with Gasteiger partial charge in [0.1, 0.15) is 17.9 Å². The molecule has 13 heteroatoms. The number of fused-ring (bicyclic) bond motifs is 1. The van der Waals surface area contributed by atoms with Gasteiger partial charge in [-0.25, -0.2) is 4.98 Å². The second-order valence-electron chi connectivity index (χ2n) is 10.8. The predicted molar refractivity (Wildman–Crippen MR) is 171 cm³/mol. The first-order valence-electron chi connectivity index (χ1n) is 15.9. The first kappa shape index (κ1) is 33.5. The molecule has 1 aliphatic rings. The first-order valence-corrected chi connectivity index (χ1v) is 15.9. The maximum atomic E-state index is 12.7. The monoisotopic (exact) mass is 636 g/mol. The molecule has 248 valence electrons. The van der Waals surface area contributed by atoms with Gasteiger partial charge in [-0.05, 0) is 29.8 Å². The minimum Gasteiger partial charge on any atom is -0.469 e. The van der Waals surface area contributed by atoms with Crippen molar-refractivity contribution in [3.05, 3.63) is 66.8 Å². The normalized spacial score (nSPS) is 13.6. The summed E-state index contributed by atoms with van der Waals surface area (Å²) < 4.78 is 34.2. The Balaban J connectivity index is 0.971. The van der Waals surface area contributed by atoms with E-state index in [1.807, 2.05) is 27.6 Å². The lowest BCUT2D eigenvalue weighted by Gasteiger charge is -2.36. The fourth-order valence-electron chi connectivity index (χ4n) is 5.23. The molecule has 4 aromatic rings. The Morgan fingerprint density at radius 2 is 1.50 bits per heavy atom. The molecule has 46 heavy (non-hydrogen) atoms. The van der Waals surface area contributed by atoms with Crippen LogP contribution in [0.2, 0.25) is 0 Å². The Hall–Kier alpha value is -3.88. The summed E-state index contributed by atoms with van der Waals surface area (Å²) in [6, 6.07) is 12.3. The van der Waals surface area contributed by atoms with Crippen LogP contribution in [0.3, 0.4) is 0 Å². The van der Waals surface area contributed by atoms with Crippen molar-refractivity contribution in [3.63, 3.8) is 0 Å². The largest absolute Gasteiger partial charge is 0.469 e. The Morgan fingerprint density at radius 1 is 0.826 bits per heavy atom. The van der Waals surface area contributed by atoms with Crippen LogP contribution >= 0.6 is 0 Å². The van der Waals surface area contributed by atoms with Crippen LogP contribution in [0, 0.1) is 0 Å². The number of furan rings is 1. The third-order valence-electron chi connectivity index (χ3n) is 7.77. The summed E-state index contributed by atoms with van der Waals surface area (Å²) in [5, 5.41) is 8.52. The number of methoxy groups -OCH3 is 1. The van der Waals surface area contributed by atoms with Crippen molar-refractivity contribution in [2.75, 3.05) is 97.7 Å². The highest BCUT2D eigenvalue weighted by molar-refractivity contribution is 5.78. The van der Waals surface area contributed by atoms with Crippen LogP contribution in [0.4, 0.5) is 5.69 Å². The lowest BCUT2D eigenvalue weighted by Crippen LogP contribution is -2.49. The molecule has 3 aromatic heterocycles. The lowest BCUT2D eigenvalue weighted by molar-refractivity contribution is -0.132. The molecule has 1 aromatic carbocycles. The van der Waals surface area contributed by atoms with E-state index in [0.29, 0.717) is 79.0 Å². The van der Waals surface area contributed by atoms with Gasteiger partial charge in [0.2, 0.25) is 5.91 Å². The number of benzene rings is 1. The van der Waals surface area contributed by atoms with Crippen molar-refractivity contribution < 1.29 is 32.9 Å². The number of rotatable bonds is 20. The van der Waals surface area contributed by atoms with E-state index in [-0.39, 0.29) is 5.91 Å². The van der Waals surface area contributed by atoms with Crippen molar-refractivity contribution in [2.45, 2.75) is 19.3 Å². The number of hydrogen-bond acceptors (Lipinski definition) is 11. The molecule has 1 saturated heterocycles. The number of anilines is 1. The van der Waals surface area contributed by atoms with Gasteiger partial charge in [-0.1, -0.05) is 12.1 Å². The van der Waals surface area contributed by atoms with Crippen LogP contribution in [-0.4, -0.2) is 123 Å². The summed E-state index contributed by atoms with van der Waals surface area (Å²) in [5.41, 5.74) is 3.86. The van der Waals surface area contributed by atoms with Crippen molar-refractivity contribution >= 4 is 17.2 Å². The van der Waals surface area contributed by atoms with E-state index in [1.54, 1.807) is 19.7 Å². The Labute approximate surface area is 269 Å². The summed E-state index contributed by atoms with van der Waals surface area (Å²) in [4.78, 5) is 21.7. The maximum Gasteiger partial charge on any atom is 0.225 e. The average Bonchev–Trinajstić information content (AvgIpc) is 3.81. The fraction of sp³-hybridized carbons (Fsp3) is 0.515. The molecule has 0 saturated carbocycles. The number of aryl methyl sites for hydroxylation is 2. The highest BCUT2D eigenvalue weighted by Crippen LogP contribution is 2.27. The fourth-order valence-corrected chi connectivity index (χ4v) is 5.23.